The molecule has 0 aromatic carbocycles. The van der Waals surface area contributed by atoms with E-state index in [1.54, 1.807) is 27.7 Å². The number of hydrogen-bond donors (Lipinski definition) is 5. The fourth-order valence-corrected chi connectivity index (χ4v) is 9.05. The number of aliphatic hydroxyl groups is 5. The van der Waals surface area contributed by atoms with Crippen LogP contribution in [0.4, 0.5) is 0 Å². The van der Waals surface area contributed by atoms with E-state index in [0.29, 0.717) is 18.6 Å². The van der Waals surface area contributed by atoms with Gasteiger partial charge in [-0.15, -0.1) is 0 Å². The Morgan fingerprint density at radius 1 is 0.943 bits per heavy atom. The van der Waals surface area contributed by atoms with Gasteiger partial charge in [0, 0.05) is 43.9 Å². The predicted molar refractivity (Wildman–Crippen MR) is 194 cm³/mol. The van der Waals surface area contributed by atoms with Gasteiger partial charge in [0.15, 0.2) is 18.7 Å². The van der Waals surface area contributed by atoms with Gasteiger partial charge in [-0.3, -0.25) is 9.69 Å². The lowest BCUT2D eigenvalue weighted by molar-refractivity contribution is -0.317. The van der Waals surface area contributed by atoms with Crippen LogP contribution in [0.25, 0.3) is 0 Å². The number of hydrogen-bond acceptors (Lipinski definition) is 14. The summed E-state index contributed by atoms with van der Waals surface area (Å²) in [7, 11) is 3.47. The first kappa shape index (κ1) is 44.3. The van der Waals surface area contributed by atoms with Crippen LogP contribution in [0.3, 0.4) is 0 Å². The smallest absolute Gasteiger partial charge is 0.311 e. The molecule has 14 heteroatoms. The van der Waals surface area contributed by atoms with E-state index in [-0.39, 0.29) is 24.6 Å². The zero-order chi connectivity index (χ0) is 40.1. The first-order valence-electron chi connectivity index (χ1n) is 19.3. The zero-order valence-corrected chi connectivity index (χ0v) is 34.3. The molecule has 0 radical (unpaired) electrons. The standard InChI is InChI=1S/C39H69NO13/c1-18(2)40(13)26-15-20(4)48-36(28(26)42)52-33-22(6)30(50-27-17-37(10,47-14)32(44)25(9)49-27)23(7)35(45)51-34(24(8)41)39(12,46)31(43)21(5)29-19(3)16-38(33,11)53-29/h18,20-28,30-34,36,41-44,46H,15-17H2,1-14H3/t20-,21-,22+,23-,24?,25+,26+,27+,28-,30+,31-,32+,33-,34-,36+,37-,38-,39+/m1/s1. The van der Waals surface area contributed by atoms with Gasteiger partial charge in [-0.2, -0.15) is 0 Å². The molecule has 14 nitrogen and oxygen atoms in total. The second-order valence-corrected chi connectivity index (χ2v) is 17.4. The van der Waals surface area contributed by atoms with Crippen molar-refractivity contribution in [2.75, 3.05) is 14.2 Å². The van der Waals surface area contributed by atoms with E-state index < -0.39 is 102 Å². The van der Waals surface area contributed by atoms with Crippen molar-refractivity contribution in [1.29, 1.82) is 0 Å². The summed E-state index contributed by atoms with van der Waals surface area (Å²) >= 11 is 0. The lowest BCUT2D eigenvalue weighted by Gasteiger charge is -2.49. The number of rotatable bonds is 8. The molecular formula is C39H69NO13. The Labute approximate surface area is 316 Å². The number of cyclic esters (lactones) is 1. The van der Waals surface area contributed by atoms with Crippen molar-refractivity contribution in [2.24, 2.45) is 17.8 Å². The zero-order valence-electron chi connectivity index (χ0n) is 34.3. The van der Waals surface area contributed by atoms with Gasteiger partial charge in [0.05, 0.1) is 42.0 Å². The number of aliphatic hydroxyl groups excluding tert-OH is 4. The topological polar surface area (TPSA) is 186 Å². The Balaban J connectivity index is 1.86. The van der Waals surface area contributed by atoms with Crippen LogP contribution in [0.15, 0.2) is 11.3 Å². The van der Waals surface area contributed by atoms with Gasteiger partial charge in [0.25, 0.3) is 0 Å². The van der Waals surface area contributed by atoms with E-state index in [1.807, 2.05) is 34.7 Å². The first-order valence-corrected chi connectivity index (χ1v) is 19.3. The molecule has 0 saturated carbocycles. The minimum absolute atomic E-state index is 0.129. The molecule has 308 valence electrons. The minimum Gasteiger partial charge on any atom is -0.489 e. The number of likely N-dealkylation sites (N-methyl/N-ethyl adjacent to an activating group) is 1. The maximum absolute atomic E-state index is 14.2. The fraction of sp³-hybridized carbons (Fsp3) is 0.923. The third-order valence-corrected chi connectivity index (χ3v) is 12.6. The summed E-state index contributed by atoms with van der Waals surface area (Å²) < 4.78 is 44.6. The molecule has 5 N–H and O–H groups in total. The number of nitrogens with zero attached hydrogens (tertiary/aromatic N) is 1. The van der Waals surface area contributed by atoms with Gasteiger partial charge < -0.3 is 58.7 Å². The summed E-state index contributed by atoms with van der Waals surface area (Å²) in [4.78, 5) is 16.3. The van der Waals surface area contributed by atoms with Gasteiger partial charge >= 0.3 is 5.97 Å². The van der Waals surface area contributed by atoms with Crippen LogP contribution in [0.1, 0.15) is 102 Å². The van der Waals surface area contributed by atoms with E-state index in [9.17, 15) is 30.3 Å². The van der Waals surface area contributed by atoms with Crippen LogP contribution in [0, 0.1) is 17.8 Å². The van der Waals surface area contributed by atoms with Gasteiger partial charge in [-0.25, -0.2) is 0 Å². The summed E-state index contributed by atoms with van der Waals surface area (Å²) in [6.45, 7) is 21.2. The third-order valence-electron chi connectivity index (χ3n) is 12.6. The van der Waals surface area contributed by atoms with Crippen molar-refractivity contribution >= 4 is 5.97 Å². The molecule has 1 unspecified atom stereocenters. The van der Waals surface area contributed by atoms with Crippen molar-refractivity contribution in [3.63, 3.8) is 0 Å². The SMILES string of the molecule is CO[C@]1(C)C[C@H](O[C@H]2[C@H](C)[C@@H](O[C@@H]3O[C@H](C)C[C@H](N(C)C(C)C)[C@H]3O)[C@@]3(C)CC(C)=C(O3)[C@@H](C)[C@@H](O)[C@](C)(O)[C@@H](C(C)O)OC(=O)[C@@H]2C)O[C@@H](C)[C@@H]1O. The van der Waals surface area contributed by atoms with Crippen LogP contribution in [-0.2, 0) is 38.0 Å². The maximum Gasteiger partial charge on any atom is 0.311 e. The van der Waals surface area contributed by atoms with Crippen LogP contribution in [0.2, 0.25) is 0 Å². The number of methoxy groups -OCH3 is 1. The van der Waals surface area contributed by atoms with Gasteiger partial charge in [-0.05, 0) is 88.3 Å². The van der Waals surface area contributed by atoms with Crippen molar-refractivity contribution < 1.29 is 63.5 Å². The number of carbonyl (C=O) groups excluding carboxylic acids is 1. The van der Waals surface area contributed by atoms with Crippen LogP contribution in [-0.4, -0.2) is 147 Å². The molecular weight excluding hydrogens is 690 g/mol. The lowest BCUT2D eigenvalue weighted by Crippen LogP contribution is -2.61. The van der Waals surface area contributed by atoms with E-state index >= 15 is 0 Å². The number of carbonyl (C=O) groups is 1. The molecule has 4 aliphatic heterocycles. The molecule has 53 heavy (non-hydrogen) atoms. The second kappa shape index (κ2) is 16.6. The first-order chi connectivity index (χ1) is 24.4. The summed E-state index contributed by atoms with van der Waals surface area (Å²) in [5.41, 5.74) is -3.45. The molecule has 0 aliphatic carbocycles. The fourth-order valence-electron chi connectivity index (χ4n) is 9.05. The highest BCUT2D eigenvalue weighted by Crippen LogP contribution is 2.47. The molecule has 4 aliphatic rings. The Bertz CT molecular complexity index is 1290. The number of ether oxygens (including phenoxy) is 7. The number of fused-ring (bicyclic) bond motifs is 2. The Hall–Kier alpha value is -1.43. The van der Waals surface area contributed by atoms with Crippen molar-refractivity contribution in [2.45, 2.75) is 199 Å². The molecule has 4 rings (SSSR count). The Morgan fingerprint density at radius 2 is 1.57 bits per heavy atom. The lowest BCUT2D eigenvalue weighted by atomic mass is 9.78. The second-order valence-electron chi connectivity index (χ2n) is 17.4. The highest BCUT2D eigenvalue weighted by atomic mass is 16.7. The van der Waals surface area contributed by atoms with Crippen LogP contribution >= 0.6 is 0 Å². The van der Waals surface area contributed by atoms with Crippen molar-refractivity contribution in [3.05, 3.63) is 11.3 Å². The molecule has 0 aromatic heterocycles. The van der Waals surface area contributed by atoms with E-state index in [2.05, 4.69) is 18.7 Å². The highest BCUT2D eigenvalue weighted by Gasteiger charge is 2.57. The Morgan fingerprint density at radius 3 is 2.13 bits per heavy atom. The monoisotopic (exact) mass is 759 g/mol. The summed E-state index contributed by atoms with van der Waals surface area (Å²) in [5.74, 6) is -2.89. The van der Waals surface area contributed by atoms with Gasteiger partial charge in [-0.1, -0.05) is 13.8 Å². The number of esters is 1. The molecule has 0 aromatic rings. The summed E-state index contributed by atoms with van der Waals surface area (Å²) in [6.07, 6.45) is -10.2. The Kier molecular flexibility index (Phi) is 13.9. The van der Waals surface area contributed by atoms with Crippen LogP contribution in [0.5, 0.6) is 0 Å². The quantitative estimate of drug-likeness (QED) is 0.228. The molecule has 2 bridgehead atoms. The summed E-state index contributed by atoms with van der Waals surface area (Å²) in [5, 5.41) is 57.1. The molecule has 18 atom stereocenters. The third kappa shape index (κ3) is 8.78. The van der Waals surface area contributed by atoms with Gasteiger partial charge in [0.1, 0.15) is 35.3 Å². The minimum atomic E-state index is -2.10. The van der Waals surface area contributed by atoms with Crippen molar-refractivity contribution in [3.8, 4) is 0 Å². The molecule has 0 spiro atoms. The molecule has 3 saturated heterocycles. The van der Waals surface area contributed by atoms with E-state index in [0.717, 1.165) is 5.57 Å². The molecule has 0 amide bonds. The average Bonchev–Trinajstić information content (AvgIpc) is 3.40. The molecule has 3 fully saturated rings. The predicted octanol–water partition coefficient (Wildman–Crippen LogP) is 2.64. The van der Waals surface area contributed by atoms with Gasteiger partial charge in [0.2, 0.25) is 0 Å². The normalized spacial score (nSPS) is 48.1. The maximum atomic E-state index is 14.2. The van der Waals surface area contributed by atoms with E-state index in [1.165, 1.54) is 21.0 Å². The highest BCUT2D eigenvalue weighted by molar-refractivity contribution is 5.73. The van der Waals surface area contributed by atoms with E-state index in [4.69, 9.17) is 33.2 Å². The van der Waals surface area contributed by atoms with Crippen LogP contribution < -0.4 is 0 Å². The average molecular weight is 760 g/mol. The molecule has 4 heterocycles. The van der Waals surface area contributed by atoms with Crippen molar-refractivity contribution in [1.82, 2.24) is 4.90 Å². The largest absolute Gasteiger partial charge is 0.489 e. The summed E-state index contributed by atoms with van der Waals surface area (Å²) in [6, 6.07) is -0.128.